The summed E-state index contributed by atoms with van der Waals surface area (Å²) in [6, 6.07) is 7.52. The number of hydrogen-bond acceptors (Lipinski definition) is 4. The van der Waals surface area contributed by atoms with E-state index in [4.69, 9.17) is 9.47 Å². The standard InChI is InChI=1S/C17H26N2O3/c1-3-4-12-22-15-7-5-6-14(13-15)19-16(20)17(21-2)8-10-18-11-9-17/h5-7,13,18H,3-4,8-12H2,1-2H3,(H,19,20). The Morgan fingerprint density at radius 1 is 1.36 bits per heavy atom. The number of ether oxygens (including phenoxy) is 2. The van der Waals surface area contributed by atoms with Gasteiger partial charge in [0.25, 0.3) is 5.91 Å². The van der Waals surface area contributed by atoms with Gasteiger partial charge < -0.3 is 20.1 Å². The lowest BCUT2D eigenvalue weighted by molar-refractivity contribution is -0.140. The maximum Gasteiger partial charge on any atom is 0.256 e. The van der Waals surface area contributed by atoms with Gasteiger partial charge in [-0.25, -0.2) is 0 Å². The highest BCUT2D eigenvalue weighted by molar-refractivity contribution is 5.97. The molecule has 1 aromatic carbocycles. The second-order valence-electron chi connectivity index (χ2n) is 5.63. The van der Waals surface area contributed by atoms with Gasteiger partial charge in [-0.15, -0.1) is 0 Å². The molecular formula is C17H26N2O3. The van der Waals surface area contributed by atoms with E-state index in [-0.39, 0.29) is 5.91 Å². The van der Waals surface area contributed by atoms with E-state index in [1.165, 1.54) is 0 Å². The fraction of sp³-hybridized carbons (Fsp3) is 0.588. The van der Waals surface area contributed by atoms with Crippen LogP contribution in [0.3, 0.4) is 0 Å². The Morgan fingerprint density at radius 2 is 2.14 bits per heavy atom. The molecule has 1 amide bonds. The van der Waals surface area contributed by atoms with Gasteiger partial charge in [-0.2, -0.15) is 0 Å². The lowest BCUT2D eigenvalue weighted by Crippen LogP contribution is -2.51. The van der Waals surface area contributed by atoms with Gasteiger partial charge in [0.05, 0.1) is 6.61 Å². The average molecular weight is 306 g/mol. The van der Waals surface area contributed by atoms with Crippen molar-refractivity contribution in [1.82, 2.24) is 5.32 Å². The molecule has 1 aromatic rings. The largest absolute Gasteiger partial charge is 0.494 e. The Hall–Kier alpha value is -1.59. The summed E-state index contributed by atoms with van der Waals surface area (Å²) in [6.07, 6.45) is 3.49. The zero-order valence-electron chi connectivity index (χ0n) is 13.5. The first kappa shape index (κ1) is 16.8. The SMILES string of the molecule is CCCCOc1cccc(NC(=O)C2(OC)CCNCC2)c1. The van der Waals surface area contributed by atoms with Crippen LogP contribution in [0.1, 0.15) is 32.6 Å². The zero-order valence-corrected chi connectivity index (χ0v) is 13.5. The number of carbonyl (C=O) groups excluding carboxylic acids is 1. The molecule has 122 valence electrons. The van der Waals surface area contributed by atoms with Crippen LogP contribution in [0, 0.1) is 0 Å². The predicted octanol–water partition coefficient (Wildman–Crippen LogP) is 2.57. The van der Waals surface area contributed by atoms with Gasteiger partial charge in [0.2, 0.25) is 0 Å². The van der Waals surface area contributed by atoms with Crippen molar-refractivity contribution < 1.29 is 14.3 Å². The molecule has 5 nitrogen and oxygen atoms in total. The summed E-state index contributed by atoms with van der Waals surface area (Å²) in [5.41, 5.74) is 0.0126. The van der Waals surface area contributed by atoms with Crippen molar-refractivity contribution in [3.63, 3.8) is 0 Å². The molecule has 1 saturated heterocycles. The molecule has 5 heteroatoms. The minimum Gasteiger partial charge on any atom is -0.494 e. The van der Waals surface area contributed by atoms with Crippen molar-refractivity contribution in [2.45, 2.75) is 38.2 Å². The Balaban J connectivity index is 1.99. The van der Waals surface area contributed by atoms with E-state index in [2.05, 4.69) is 17.6 Å². The highest BCUT2D eigenvalue weighted by Gasteiger charge is 2.39. The number of methoxy groups -OCH3 is 1. The first-order chi connectivity index (χ1) is 10.7. The first-order valence-corrected chi connectivity index (χ1v) is 8.00. The normalized spacial score (nSPS) is 17.0. The number of amides is 1. The summed E-state index contributed by atoms with van der Waals surface area (Å²) in [5.74, 6) is 0.699. The Kier molecular flexibility index (Phi) is 6.21. The second kappa shape index (κ2) is 8.15. The molecule has 0 spiro atoms. The topological polar surface area (TPSA) is 59.6 Å². The summed E-state index contributed by atoms with van der Waals surface area (Å²) in [4.78, 5) is 12.6. The molecule has 1 heterocycles. The molecule has 2 N–H and O–H groups in total. The van der Waals surface area contributed by atoms with Crippen LogP contribution in [0.15, 0.2) is 24.3 Å². The monoisotopic (exact) mass is 306 g/mol. The van der Waals surface area contributed by atoms with Crippen LogP contribution in [0.5, 0.6) is 5.75 Å². The number of hydrogen-bond donors (Lipinski definition) is 2. The number of rotatable bonds is 7. The molecule has 0 aliphatic carbocycles. The van der Waals surface area contributed by atoms with Gasteiger partial charge in [-0.3, -0.25) is 4.79 Å². The van der Waals surface area contributed by atoms with E-state index >= 15 is 0 Å². The predicted molar refractivity (Wildman–Crippen MR) is 87.3 cm³/mol. The molecule has 2 rings (SSSR count). The van der Waals surface area contributed by atoms with Crippen LogP contribution in [0.4, 0.5) is 5.69 Å². The molecule has 1 aliphatic rings. The number of benzene rings is 1. The lowest BCUT2D eigenvalue weighted by atomic mass is 9.91. The molecule has 0 aromatic heterocycles. The van der Waals surface area contributed by atoms with Gasteiger partial charge in [-0.05, 0) is 44.5 Å². The summed E-state index contributed by atoms with van der Waals surface area (Å²) < 4.78 is 11.2. The summed E-state index contributed by atoms with van der Waals surface area (Å²) >= 11 is 0. The molecule has 0 atom stereocenters. The average Bonchev–Trinajstić information content (AvgIpc) is 2.56. The third kappa shape index (κ3) is 4.21. The number of piperidine rings is 1. The Bertz CT molecular complexity index is 485. The lowest BCUT2D eigenvalue weighted by Gasteiger charge is -2.34. The quantitative estimate of drug-likeness (QED) is 0.760. The summed E-state index contributed by atoms with van der Waals surface area (Å²) in [7, 11) is 1.61. The van der Waals surface area contributed by atoms with E-state index in [9.17, 15) is 4.79 Å². The van der Waals surface area contributed by atoms with Gasteiger partial charge in [0.15, 0.2) is 0 Å². The molecular weight excluding hydrogens is 280 g/mol. The Labute approximate surface area is 132 Å². The summed E-state index contributed by atoms with van der Waals surface area (Å²) in [5, 5.41) is 6.21. The molecule has 0 bridgehead atoms. The minimum absolute atomic E-state index is 0.0813. The molecule has 0 unspecified atom stereocenters. The van der Waals surface area contributed by atoms with E-state index in [0.29, 0.717) is 19.4 Å². The maximum atomic E-state index is 12.6. The van der Waals surface area contributed by atoms with E-state index in [1.54, 1.807) is 7.11 Å². The number of carbonyl (C=O) groups is 1. The highest BCUT2D eigenvalue weighted by Crippen LogP contribution is 2.25. The van der Waals surface area contributed by atoms with Gasteiger partial charge >= 0.3 is 0 Å². The molecule has 1 fully saturated rings. The van der Waals surface area contributed by atoms with Gasteiger partial charge in [-0.1, -0.05) is 19.4 Å². The summed E-state index contributed by atoms with van der Waals surface area (Å²) in [6.45, 7) is 4.41. The van der Waals surface area contributed by atoms with Crippen LogP contribution >= 0.6 is 0 Å². The van der Waals surface area contributed by atoms with Crippen molar-refractivity contribution in [3.05, 3.63) is 24.3 Å². The highest BCUT2D eigenvalue weighted by atomic mass is 16.5. The number of nitrogens with one attached hydrogen (secondary N) is 2. The molecule has 1 aliphatic heterocycles. The minimum atomic E-state index is -0.732. The molecule has 0 saturated carbocycles. The van der Waals surface area contributed by atoms with Crippen LogP contribution in [-0.4, -0.2) is 38.3 Å². The van der Waals surface area contributed by atoms with Crippen molar-refractivity contribution in [3.8, 4) is 5.75 Å². The fourth-order valence-electron chi connectivity index (χ4n) is 2.60. The zero-order chi connectivity index (χ0) is 15.8. The molecule has 22 heavy (non-hydrogen) atoms. The van der Waals surface area contributed by atoms with Crippen molar-refractivity contribution in [2.24, 2.45) is 0 Å². The van der Waals surface area contributed by atoms with Gasteiger partial charge in [0.1, 0.15) is 11.4 Å². The van der Waals surface area contributed by atoms with Crippen LogP contribution in [-0.2, 0) is 9.53 Å². The van der Waals surface area contributed by atoms with Crippen LogP contribution in [0.2, 0.25) is 0 Å². The van der Waals surface area contributed by atoms with Crippen molar-refractivity contribution >= 4 is 11.6 Å². The van der Waals surface area contributed by atoms with Crippen molar-refractivity contribution in [2.75, 3.05) is 32.1 Å². The van der Waals surface area contributed by atoms with Crippen molar-refractivity contribution in [1.29, 1.82) is 0 Å². The number of unbranched alkanes of at least 4 members (excludes halogenated alkanes) is 1. The van der Waals surface area contributed by atoms with Crippen LogP contribution < -0.4 is 15.4 Å². The number of anilines is 1. The van der Waals surface area contributed by atoms with E-state index in [0.717, 1.165) is 37.4 Å². The maximum absolute atomic E-state index is 12.6. The van der Waals surface area contributed by atoms with Crippen LogP contribution in [0.25, 0.3) is 0 Å². The fourth-order valence-corrected chi connectivity index (χ4v) is 2.60. The third-order valence-electron chi connectivity index (χ3n) is 4.07. The van der Waals surface area contributed by atoms with E-state index < -0.39 is 5.60 Å². The van der Waals surface area contributed by atoms with Gasteiger partial charge in [0, 0.05) is 18.9 Å². The first-order valence-electron chi connectivity index (χ1n) is 8.00. The Morgan fingerprint density at radius 3 is 2.82 bits per heavy atom. The second-order valence-corrected chi connectivity index (χ2v) is 5.63. The smallest absolute Gasteiger partial charge is 0.256 e. The molecule has 0 radical (unpaired) electrons. The van der Waals surface area contributed by atoms with E-state index in [1.807, 2.05) is 24.3 Å². The third-order valence-corrected chi connectivity index (χ3v) is 4.07.